The number of ether oxygens (including phenoxy) is 1. The Hall–Kier alpha value is -0.860. The van der Waals surface area contributed by atoms with Crippen LogP contribution in [0.3, 0.4) is 0 Å². The lowest BCUT2D eigenvalue weighted by Crippen LogP contribution is -2.31. The molecule has 96 valence electrons. The summed E-state index contributed by atoms with van der Waals surface area (Å²) in [6.45, 7) is 4.30. The van der Waals surface area contributed by atoms with Gasteiger partial charge in [0.25, 0.3) is 0 Å². The molecule has 0 aliphatic heterocycles. The second kappa shape index (κ2) is 7.46. The number of rotatable bonds is 7. The van der Waals surface area contributed by atoms with Gasteiger partial charge >= 0.3 is 0 Å². The van der Waals surface area contributed by atoms with Crippen molar-refractivity contribution in [3.63, 3.8) is 0 Å². The van der Waals surface area contributed by atoms with Crippen molar-refractivity contribution in [2.45, 2.75) is 45.3 Å². The van der Waals surface area contributed by atoms with E-state index in [0.717, 1.165) is 19.3 Å². The molecule has 0 aromatic heterocycles. The van der Waals surface area contributed by atoms with Crippen LogP contribution in [0.15, 0.2) is 24.3 Å². The molecule has 0 fully saturated rings. The van der Waals surface area contributed by atoms with Gasteiger partial charge in [0.2, 0.25) is 0 Å². The zero-order valence-corrected chi connectivity index (χ0v) is 11.5. The number of aryl methyl sites for hydroxylation is 1. The summed E-state index contributed by atoms with van der Waals surface area (Å²) in [5, 5.41) is 3.36. The standard InChI is InChI=1S/C15H25NO/c1-5-13-6-8-14(9-7-13)11-15(16-3)10-12(2)17-4/h6-9,12,15-16H,5,10-11H2,1-4H3. The van der Waals surface area contributed by atoms with Gasteiger partial charge in [0.05, 0.1) is 6.10 Å². The molecule has 0 aliphatic rings. The van der Waals surface area contributed by atoms with E-state index in [0.29, 0.717) is 12.1 Å². The second-order valence-electron chi connectivity index (χ2n) is 4.64. The fourth-order valence-electron chi connectivity index (χ4n) is 2.00. The number of hydrogen-bond donors (Lipinski definition) is 1. The van der Waals surface area contributed by atoms with Crippen LogP contribution < -0.4 is 5.32 Å². The third-order valence-electron chi connectivity index (χ3n) is 3.34. The summed E-state index contributed by atoms with van der Waals surface area (Å²) >= 11 is 0. The first-order chi connectivity index (χ1) is 8.19. The molecular weight excluding hydrogens is 210 g/mol. The van der Waals surface area contributed by atoms with Crippen LogP contribution in [0.25, 0.3) is 0 Å². The van der Waals surface area contributed by atoms with Crippen molar-refractivity contribution >= 4 is 0 Å². The molecule has 2 unspecified atom stereocenters. The first kappa shape index (κ1) is 14.2. The Labute approximate surface area is 105 Å². The maximum Gasteiger partial charge on any atom is 0.0558 e. The van der Waals surface area contributed by atoms with E-state index in [9.17, 15) is 0 Å². The quantitative estimate of drug-likeness (QED) is 0.784. The number of likely N-dealkylation sites (N-methyl/N-ethyl adjacent to an activating group) is 1. The van der Waals surface area contributed by atoms with Crippen molar-refractivity contribution in [3.05, 3.63) is 35.4 Å². The molecule has 0 amide bonds. The summed E-state index contributed by atoms with van der Waals surface area (Å²) in [6, 6.07) is 9.41. The highest BCUT2D eigenvalue weighted by Crippen LogP contribution is 2.11. The molecule has 1 N–H and O–H groups in total. The fourth-order valence-corrected chi connectivity index (χ4v) is 2.00. The molecule has 0 spiro atoms. The highest BCUT2D eigenvalue weighted by Gasteiger charge is 2.11. The van der Waals surface area contributed by atoms with E-state index in [4.69, 9.17) is 4.74 Å². The smallest absolute Gasteiger partial charge is 0.0558 e. The topological polar surface area (TPSA) is 21.3 Å². The van der Waals surface area contributed by atoms with E-state index in [-0.39, 0.29) is 0 Å². The predicted molar refractivity (Wildman–Crippen MR) is 73.5 cm³/mol. The van der Waals surface area contributed by atoms with E-state index in [2.05, 4.69) is 43.4 Å². The third kappa shape index (κ3) is 4.88. The molecule has 0 bridgehead atoms. The summed E-state index contributed by atoms with van der Waals surface area (Å²) in [5.41, 5.74) is 2.80. The summed E-state index contributed by atoms with van der Waals surface area (Å²) < 4.78 is 5.32. The maximum absolute atomic E-state index is 5.32. The Balaban J connectivity index is 2.54. The van der Waals surface area contributed by atoms with E-state index >= 15 is 0 Å². The lowest BCUT2D eigenvalue weighted by Gasteiger charge is -2.20. The van der Waals surface area contributed by atoms with Crippen LogP contribution in [-0.4, -0.2) is 26.3 Å². The van der Waals surface area contributed by atoms with Crippen LogP contribution in [0.1, 0.15) is 31.4 Å². The first-order valence-corrected chi connectivity index (χ1v) is 6.47. The summed E-state index contributed by atoms with van der Waals surface area (Å²) in [4.78, 5) is 0. The zero-order valence-electron chi connectivity index (χ0n) is 11.5. The molecule has 2 atom stereocenters. The minimum atomic E-state index is 0.308. The minimum absolute atomic E-state index is 0.308. The molecule has 1 rings (SSSR count). The lowest BCUT2D eigenvalue weighted by molar-refractivity contribution is 0.101. The average molecular weight is 235 g/mol. The van der Waals surface area contributed by atoms with Crippen LogP contribution in [-0.2, 0) is 17.6 Å². The Morgan fingerprint density at radius 1 is 1.18 bits per heavy atom. The molecule has 1 aromatic carbocycles. The van der Waals surface area contributed by atoms with Crippen molar-refractivity contribution in [2.75, 3.05) is 14.2 Å². The SMILES string of the molecule is CCc1ccc(CC(CC(C)OC)NC)cc1. The van der Waals surface area contributed by atoms with Gasteiger partial charge < -0.3 is 10.1 Å². The monoisotopic (exact) mass is 235 g/mol. The molecule has 2 nitrogen and oxygen atoms in total. The highest BCUT2D eigenvalue weighted by atomic mass is 16.5. The fraction of sp³-hybridized carbons (Fsp3) is 0.600. The third-order valence-corrected chi connectivity index (χ3v) is 3.34. The summed E-state index contributed by atoms with van der Waals surface area (Å²) in [5.74, 6) is 0. The van der Waals surface area contributed by atoms with Gasteiger partial charge in [0.15, 0.2) is 0 Å². The minimum Gasteiger partial charge on any atom is -0.382 e. The van der Waals surface area contributed by atoms with Crippen LogP contribution >= 0.6 is 0 Å². The van der Waals surface area contributed by atoms with Gasteiger partial charge in [-0.05, 0) is 44.4 Å². The normalized spacial score (nSPS) is 14.6. The molecule has 1 aromatic rings. The number of benzene rings is 1. The molecule has 2 heteroatoms. The maximum atomic E-state index is 5.32. The molecule has 0 radical (unpaired) electrons. The number of methoxy groups -OCH3 is 1. The summed E-state index contributed by atoms with van der Waals surface area (Å²) in [6.07, 6.45) is 3.52. The van der Waals surface area contributed by atoms with Gasteiger partial charge in [0, 0.05) is 13.2 Å². The van der Waals surface area contributed by atoms with E-state index in [1.165, 1.54) is 11.1 Å². The van der Waals surface area contributed by atoms with E-state index < -0.39 is 0 Å². The Morgan fingerprint density at radius 2 is 1.76 bits per heavy atom. The van der Waals surface area contributed by atoms with Crippen LogP contribution in [0.4, 0.5) is 0 Å². The van der Waals surface area contributed by atoms with Gasteiger partial charge in [-0.15, -0.1) is 0 Å². The van der Waals surface area contributed by atoms with Crippen molar-refractivity contribution < 1.29 is 4.74 Å². The van der Waals surface area contributed by atoms with Crippen LogP contribution in [0, 0.1) is 0 Å². The Bertz CT molecular complexity index is 307. The average Bonchev–Trinajstić information content (AvgIpc) is 2.38. The van der Waals surface area contributed by atoms with Crippen molar-refractivity contribution in [1.29, 1.82) is 0 Å². The predicted octanol–water partition coefficient (Wildman–Crippen LogP) is 2.80. The Kier molecular flexibility index (Phi) is 6.23. The Morgan fingerprint density at radius 3 is 2.24 bits per heavy atom. The van der Waals surface area contributed by atoms with Gasteiger partial charge in [-0.1, -0.05) is 31.2 Å². The van der Waals surface area contributed by atoms with Crippen LogP contribution in [0.5, 0.6) is 0 Å². The molecule has 0 saturated heterocycles. The van der Waals surface area contributed by atoms with Crippen molar-refractivity contribution in [2.24, 2.45) is 0 Å². The zero-order chi connectivity index (χ0) is 12.7. The van der Waals surface area contributed by atoms with Crippen LogP contribution in [0.2, 0.25) is 0 Å². The molecular formula is C15H25NO. The van der Waals surface area contributed by atoms with Crippen molar-refractivity contribution in [3.8, 4) is 0 Å². The van der Waals surface area contributed by atoms with Gasteiger partial charge in [-0.25, -0.2) is 0 Å². The molecule has 0 heterocycles. The lowest BCUT2D eigenvalue weighted by atomic mass is 10.00. The molecule has 17 heavy (non-hydrogen) atoms. The summed E-state index contributed by atoms with van der Waals surface area (Å²) in [7, 11) is 3.79. The second-order valence-corrected chi connectivity index (χ2v) is 4.64. The number of hydrogen-bond acceptors (Lipinski definition) is 2. The van der Waals surface area contributed by atoms with Crippen molar-refractivity contribution in [1.82, 2.24) is 5.32 Å². The van der Waals surface area contributed by atoms with Gasteiger partial charge in [-0.2, -0.15) is 0 Å². The molecule has 0 aliphatic carbocycles. The van der Waals surface area contributed by atoms with Gasteiger partial charge in [-0.3, -0.25) is 0 Å². The molecule has 0 saturated carbocycles. The largest absolute Gasteiger partial charge is 0.382 e. The number of nitrogens with one attached hydrogen (secondary N) is 1. The van der Waals surface area contributed by atoms with E-state index in [1.54, 1.807) is 7.11 Å². The van der Waals surface area contributed by atoms with E-state index in [1.807, 2.05) is 7.05 Å². The van der Waals surface area contributed by atoms with Gasteiger partial charge in [0.1, 0.15) is 0 Å². The highest BCUT2D eigenvalue weighted by molar-refractivity contribution is 5.23. The first-order valence-electron chi connectivity index (χ1n) is 6.47.